The van der Waals surface area contributed by atoms with Crippen molar-refractivity contribution in [3.05, 3.63) is 65.0 Å². The molecule has 2 heterocycles. The van der Waals surface area contributed by atoms with E-state index in [-0.39, 0.29) is 18.1 Å². The predicted octanol–water partition coefficient (Wildman–Crippen LogP) is 2.97. The van der Waals surface area contributed by atoms with Crippen LogP contribution in [0.25, 0.3) is 17.0 Å². The number of allylic oxidation sites excluding steroid dienone is 1. The van der Waals surface area contributed by atoms with Crippen LogP contribution in [0.3, 0.4) is 0 Å². The summed E-state index contributed by atoms with van der Waals surface area (Å²) < 4.78 is 13.2. The molecule has 0 spiro atoms. The first-order valence-corrected chi connectivity index (χ1v) is 8.48. The number of carbonyl (C=O) groups excluding carboxylic acids is 2. The van der Waals surface area contributed by atoms with E-state index in [0.29, 0.717) is 17.1 Å². The van der Waals surface area contributed by atoms with Gasteiger partial charge >= 0.3 is 0 Å². The number of aromatic nitrogens is 1. The van der Waals surface area contributed by atoms with Crippen LogP contribution < -0.4 is 15.2 Å². The molecule has 2 aromatic carbocycles. The van der Waals surface area contributed by atoms with E-state index < -0.39 is 5.91 Å². The number of nitrogens with zero attached hydrogens (tertiary/aromatic N) is 1. The van der Waals surface area contributed by atoms with Gasteiger partial charge in [0.25, 0.3) is 5.91 Å². The van der Waals surface area contributed by atoms with Crippen molar-refractivity contribution in [1.82, 2.24) is 4.57 Å². The van der Waals surface area contributed by atoms with E-state index in [0.717, 1.165) is 22.0 Å². The van der Waals surface area contributed by atoms with E-state index in [2.05, 4.69) is 0 Å². The zero-order valence-corrected chi connectivity index (χ0v) is 15.0. The van der Waals surface area contributed by atoms with Gasteiger partial charge in [-0.25, -0.2) is 0 Å². The van der Waals surface area contributed by atoms with Crippen molar-refractivity contribution >= 4 is 28.7 Å². The lowest BCUT2D eigenvalue weighted by Crippen LogP contribution is -2.20. The van der Waals surface area contributed by atoms with Crippen LogP contribution in [0.15, 0.2) is 48.4 Å². The number of hydrogen-bond acceptors (Lipinski definition) is 4. The molecule has 0 fully saturated rings. The Morgan fingerprint density at radius 1 is 1.30 bits per heavy atom. The number of Topliss-reactive ketones (excluding diaryl/α,β-unsaturated/α-hetero) is 1. The van der Waals surface area contributed by atoms with Crippen molar-refractivity contribution in [2.45, 2.75) is 6.92 Å². The molecule has 0 atom stereocenters. The largest absolute Gasteiger partial charge is 0.484 e. The second kappa shape index (κ2) is 6.32. The van der Waals surface area contributed by atoms with Crippen molar-refractivity contribution in [1.29, 1.82) is 0 Å². The number of nitrogens with two attached hydrogens (primary N) is 1. The van der Waals surface area contributed by atoms with Gasteiger partial charge in [-0.15, -0.1) is 0 Å². The maximum atomic E-state index is 12.8. The SMILES string of the molecule is Cc1cc(OCC(N)=O)cc2c1C(=O)/C(=C/c1cn(C)c3ccccc13)O2. The van der Waals surface area contributed by atoms with Crippen LogP contribution in [-0.2, 0) is 11.8 Å². The number of amides is 1. The minimum absolute atomic E-state index is 0.170. The first-order chi connectivity index (χ1) is 12.9. The van der Waals surface area contributed by atoms with Gasteiger partial charge in [0.2, 0.25) is 5.78 Å². The van der Waals surface area contributed by atoms with Crippen molar-refractivity contribution in [2.24, 2.45) is 12.8 Å². The van der Waals surface area contributed by atoms with E-state index in [1.165, 1.54) is 0 Å². The summed E-state index contributed by atoms with van der Waals surface area (Å²) in [4.78, 5) is 23.7. The molecule has 0 unspecified atom stereocenters. The normalized spacial score (nSPS) is 14.4. The fraction of sp³-hybridized carbons (Fsp3) is 0.143. The first kappa shape index (κ1) is 16.9. The molecular weight excluding hydrogens is 344 g/mol. The molecule has 6 nitrogen and oxygen atoms in total. The number of ether oxygens (including phenoxy) is 2. The molecule has 0 saturated heterocycles. The molecule has 136 valence electrons. The summed E-state index contributed by atoms with van der Waals surface area (Å²) in [6.45, 7) is 1.57. The fourth-order valence-corrected chi connectivity index (χ4v) is 3.34. The zero-order chi connectivity index (χ0) is 19.1. The summed E-state index contributed by atoms with van der Waals surface area (Å²) >= 11 is 0. The molecule has 0 bridgehead atoms. The average Bonchev–Trinajstić information content (AvgIpc) is 3.11. The highest BCUT2D eigenvalue weighted by atomic mass is 16.5. The number of primary amides is 1. The number of rotatable bonds is 4. The maximum absolute atomic E-state index is 12.8. The first-order valence-electron chi connectivity index (χ1n) is 8.48. The third kappa shape index (κ3) is 2.95. The second-order valence-electron chi connectivity index (χ2n) is 6.52. The summed E-state index contributed by atoms with van der Waals surface area (Å²) in [7, 11) is 1.96. The summed E-state index contributed by atoms with van der Waals surface area (Å²) in [5.41, 5.74) is 8.32. The van der Waals surface area contributed by atoms with E-state index in [1.54, 1.807) is 25.1 Å². The molecule has 1 aromatic heterocycles. The summed E-state index contributed by atoms with van der Waals surface area (Å²) in [6.07, 6.45) is 3.72. The van der Waals surface area contributed by atoms with Gasteiger partial charge in [0.05, 0.1) is 5.56 Å². The number of aryl methyl sites for hydroxylation is 2. The number of fused-ring (bicyclic) bond motifs is 2. The van der Waals surface area contributed by atoms with E-state index in [4.69, 9.17) is 15.2 Å². The number of ketones is 1. The molecule has 0 radical (unpaired) electrons. The van der Waals surface area contributed by atoms with E-state index >= 15 is 0 Å². The lowest BCUT2D eigenvalue weighted by atomic mass is 10.0. The van der Waals surface area contributed by atoms with Crippen LogP contribution >= 0.6 is 0 Å². The van der Waals surface area contributed by atoms with Crippen LogP contribution in [-0.4, -0.2) is 22.9 Å². The highest BCUT2D eigenvalue weighted by Gasteiger charge is 2.30. The van der Waals surface area contributed by atoms with Crippen LogP contribution in [0.2, 0.25) is 0 Å². The zero-order valence-electron chi connectivity index (χ0n) is 15.0. The van der Waals surface area contributed by atoms with E-state index in [1.807, 2.05) is 42.1 Å². The molecule has 3 aromatic rings. The topological polar surface area (TPSA) is 83.5 Å². The lowest BCUT2D eigenvalue weighted by Gasteiger charge is -2.07. The smallest absolute Gasteiger partial charge is 0.255 e. The number of carbonyl (C=O) groups is 2. The highest BCUT2D eigenvalue weighted by molar-refractivity contribution is 6.16. The second-order valence-corrected chi connectivity index (χ2v) is 6.52. The van der Waals surface area contributed by atoms with Gasteiger partial charge < -0.3 is 19.8 Å². The molecule has 6 heteroatoms. The summed E-state index contributed by atoms with van der Waals surface area (Å²) in [5, 5.41) is 1.04. The van der Waals surface area contributed by atoms with Gasteiger partial charge in [0.1, 0.15) is 11.5 Å². The number of hydrogen-bond donors (Lipinski definition) is 1. The Hall–Kier alpha value is -3.54. The minimum Gasteiger partial charge on any atom is -0.484 e. The molecule has 0 aliphatic carbocycles. The Labute approximate surface area is 155 Å². The standard InChI is InChI=1S/C21H18N2O4/c1-12-7-14(26-11-19(22)24)9-17-20(12)21(25)18(27-17)8-13-10-23(2)16-6-4-3-5-15(13)16/h3-10H,11H2,1-2H3,(H2,22,24)/b18-8-. The van der Waals surface area contributed by atoms with Gasteiger partial charge in [0, 0.05) is 35.8 Å². The van der Waals surface area contributed by atoms with Crippen LogP contribution in [0.5, 0.6) is 11.5 Å². The van der Waals surface area contributed by atoms with Gasteiger partial charge in [-0.3, -0.25) is 9.59 Å². The van der Waals surface area contributed by atoms with Gasteiger partial charge in [-0.05, 0) is 30.7 Å². The Bertz CT molecular complexity index is 1120. The maximum Gasteiger partial charge on any atom is 0.255 e. The minimum atomic E-state index is -0.568. The summed E-state index contributed by atoms with van der Waals surface area (Å²) in [5.74, 6) is 0.380. The monoisotopic (exact) mass is 362 g/mol. The van der Waals surface area contributed by atoms with Crippen molar-refractivity contribution < 1.29 is 19.1 Å². The van der Waals surface area contributed by atoms with Gasteiger partial charge in [-0.2, -0.15) is 0 Å². The Morgan fingerprint density at radius 3 is 2.85 bits per heavy atom. The average molecular weight is 362 g/mol. The molecule has 1 amide bonds. The van der Waals surface area contributed by atoms with Gasteiger partial charge in [-0.1, -0.05) is 18.2 Å². The van der Waals surface area contributed by atoms with Gasteiger partial charge in [0.15, 0.2) is 12.4 Å². The third-order valence-electron chi connectivity index (χ3n) is 4.54. The Morgan fingerprint density at radius 2 is 2.07 bits per heavy atom. The van der Waals surface area contributed by atoms with E-state index in [9.17, 15) is 9.59 Å². The summed E-state index contributed by atoms with van der Waals surface area (Å²) in [6, 6.07) is 11.3. The molecular formula is C21H18N2O4. The predicted molar refractivity (Wildman–Crippen MR) is 102 cm³/mol. The molecule has 2 N–H and O–H groups in total. The van der Waals surface area contributed by atoms with Crippen LogP contribution in [0.1, 0.15) is 21.5 Å². The lowest BCUT2D eigenvalue weighted by molar-refractivity contribution is -0.119. The van der Waals surface area contributed by atoms with Crippen molar-refractivity contribution in [3.63, 3.8) is 0 Å². The quantitative estimate of drug-likeness (QED) is 0.723. The highest BCUT2D eigenvalue weighted by Crippen LogP contribution is 2.38. The Balaban J connectivity index is 1.71. The van der Waals surface area contributed by atoms with Crippen molar-refractivity contribution in [2.75, 3.05) is 6.61 Å². The third-order valence-corrected chi connectivity index (χ3v) is 4.54. The molecule has 0 saturated carbocycles. The molecule has 27 heavy (non-hydrogen) atoms. The fourth-order valence-electron chi connectivity index (χ4n) is 3.34. The van der Waals surface area contributed by atoms with Crippen LogP contribution in [0, 0.1) is 6.92 Å². The number of benzene rings is 2. The molecule has 4 rings (SSSR count). The Kier molecular flexibility index (Phi) is 3.96. The van der Waals surface area contributed by atoms with Crippen molar-refractivity contribution in [3.8, 4) is 11.5 Å². The number of para-hydroxylation sites is 1. The molecule has 1 aliphatic rings. The van der Waals surface area contributed by atoms with Crippen LogP contribution in [0.4, 0.5) is 0 Å². The molecule has 1 aliphatic heterocycles.